The van der Waals surface area contributed by atoms with Crippen LogP contribution in [0, 0.1) is 0 Å². The van der Waals surface area contributed by atoms with E-state index in [1.807, 2.05) is 0 Å². The smallest absolute Gasteiger partial charge is 0.412 e. The molecule has 0 saturated heterocycles. The maximum Gasteiger partial charge on any atom is 0.412 e. The lowest BCUT2D eigenvalue weighted by Gasteiger charge is -2.19. The third-order valence-corrected chi connectivity index (χ3v) is 2.44. The van der Waals surface area contributed by atoms with Gasteiger partial charge in [0, 0.05) is 17.8 Å². The van der Waals surface area contributed by atoms with Crippen molar-refractivity contribution in [3.63, 3.8) is 0 Å². The summed E-state index contributed by atoms with van der Waals surface area (Å²) in [5, 5.41) is 16.1. The molecule has 2 aromatic rings. The van der Waals surface area contributed by atoms with Gasteiger partial charge in [0.15, 0.2) is 11.6 Å². The second-order valence-electron chi connectivity index (χ2n) is 5.47. The van der Waals surface area contributed by atoms with Crippen molar-refractivity contribution < 1.29 is 19.2 Å². The Balaban J connectivity index is 2.14. The van der Waals surface area contributed by atoms with Crippen LogP contribution in [-0.2, 0) is 4.74 Å². The lowest BCUT2D eigenvalue weighted by atomic mass is 10.1. The number of aromatic nitrogens is 1. The molecule has 1 aromatic heterocycles. The molecule has 0 aliphatic heterocycles. The maximum absolute atomic E-state index is 11.6. The molecule has 1 amide bonds. The molecule has 4 N–H and O–H groups in total. The summed E-state index contributed by atoms with van der Waals surface area (Å²) in [7, 11) is 0. The molecule has 2 rings (SSSR count). The van der Waals surface area contributed by atoms with Gasteiger partial charge in [-0.3, -0.25) is 5.32 Å². The van der Waals surface area contributed by atoms with E-state index >= 15 is 0 Å². The fourth-order valence-electron chi connectivity index (χ4n) is 1.66. The molecule has 0 spiro atoms. The SMILES string of the molecule is CC(C)(C)OC(=O)Nc1ccc(-c2cc(N)no2)c(O)c1. The molecule has 7 nitrogen and oxygen atoms in total. The second kappa shape index (κ2) is 5.35. The molecule has 0 atom stereocenters. The van der Waals surface area contributed by atoms with Crippen molar-refractivity contribution in [1.82, 2.24) is 5.16 Å². The van der Waals surface area contributed by atoms with E-state index in [2.05, 4.69) is 10.5 Å². The number of ether oxygens (including phenoxy) is 1. The standard InChI is InChI=1S/C14H17N3O4/c1-14(2,3)20-13(19)16-8-4-5-9(10(18)6-8)11-7-12(15)17-21-11/h4-7,18H,1-3H3,(H2,15,17)(H,16,19). The molecular weight excluding hydrogens is 274 g/mol. The largest absolute Gasteiger partial charge is 0.507 e. The fourth-order valence-corrected chi connectivity index (χ4v) is 1.66. The van der Waals surface area contributed by atoms with E-state index in [-0.39, 0.29) is 11.6 Å². The van der Waals surface area contributed by atoms with E-state index in [0.717, 1.165) is 0 Å². The molecule has 0 saturated carbocycles. The average molecular weight is 291 g/mol. The first-order valence-corrected chi connectivity index (χ1v) is 6.30. The molecule has 0 unspecified atom stereocenters. The quantitative estimate of drug-likeness (QED) is 0.784. The van der Waals surface area contributed by atoms with Gasteiger partial charge in [0.05, 0.1) is 5.56 Å². The molecule has 1 aromatic carbocycles. The summed E-state index contributed by atoms with van der Waals surface area (Å²) in [4.78, 5) is 11.6. The van der Waals surface area contributed by atoms with E-state index in [9.17, 15) is 9.90 Å². The number of nitrogens with zero attached hydrogens (tertiary/aromatic N) is 1. The molecule has 21 heavy (non-hydrogen) atoms. The van der Waals surface area contributed by atoms with Crippen LogP contribution in [0.15, 0.2) is 28.8 Å². The number of hydrogen-bond donors (Lipinski definition) is 3. The lowest BCUT2D eigenvalue weighted by molar-refractivity contribution is 0.0636. The zero-order valence-electron chi connectivity index (χ0n) is 12.0. The van der Waals surface area contributed by atoms with Gasteiger partial charge in [-0.2, -0.15) is 0 Å². The van der Waals surface area contributed by atoms with Crippen LogP contribution >= 0.6 is 0 Å². The number of anilines is 2. The van der Waals surface area contributed by atoms with Crippen molar-refractivity contribution in [1.29, 1.82) is 0 Å². The predicted octanol–water partition coefficient (Wildman–Crippen LogP) is 2.98. The minimum Gasteiger partial charge on any atom is -0.507 e. The van der Waals surface area contributed by atoms with E-state index in [1.165, 1.54) is 12.1 Å². The average Bonchev–Trinajstić information content (AvgIpc) is 2.73. The summed E-state index contributed by atoms with van der Waals surface area (Å²) in [6.07, 6.45) is -0.599. The van der Waals surface area contributed by atoms with Crippen LogP contribution in [0.5, 0.6) is 5.75 Å². The van der Waals surface area contributed by atoms with Crippen LogP contribution in [0.2, 0.25) is 0 Å². The number of amides is 1. The number of nitrogens with two attached hydrogens (primary N) is 1. The highest BCUT2D eigenvalue weighted by Gasteiger charge is 2.17. The van der Waals surface area contributed by atoms with Crippen LogP contribution < -0.4 is 11.1 Å². The number of phenols is 1. The van der Waals surface area contributed by atoms with Gasteiger partial charge in [0.25, 0.3) is 0 Å². The number of carbonyl (C=O) groups is 1. The Morgan fingerprint density at radius 3 is 2.62 bits per heavy atom. The Morgan fingerprint density at radius 1 is 1.38 bits per heavy atom. The lowest BCUT2D eigenvalue weighted by Crippen LogP contribution is -2.27. The molecule has 1 heterocycles. The van der Waals surface area contributed by atoms with Crippen LogP contribution in [0.4, 0.5) is 16.3 Å². The zero-order chi connectivity index (χ0) is 15.6. The van der Waals surface area contributed by atoms with Gasteiger partial charge in [0.2, 0.25) is 0 Å². The monoisotopic (exact) mass is 291 g/mol. The van der Waals surface area contributed by atoms with Gasteiger partial charge >= 0.3 is 6.09 Å². The molecule has 0 bridgehead atoms. The van der Waals surface area contributed by atoms with Crippen molar-refractivity contribution in [3.05, 3.63) is 24.3 Å². The van der Waals surface area contributed by atoms with Crippen molar-refractivity contribution >= 4 is 17.6 Å². The van der Waals surface area contributed by atoms with Crippen molar-refractivity contribution in [3.8, 4) is 17.1 Å². The minimum absolute atomic E-state index is 0.0697. The molecule has 0 aliphatic carbocycles. The molecule has 7 heteroatoms. The van der Waals surface area contributed by atoms with Crippen LogP contribution in [0.25, 0.3) is 11.3 Å². The van der Waals surface area contributed by atoms with Crippen molar-refractivity contribution in [2.75, 3.05) is 11.1 Å². The van der Waals surface area contributed by atoms with Crippen LogP contribution in [0.1, 0.15) is 20.8 Å². The summed E-state index contributed by atoms with van der Waals surface area (Å²) in [5.74, 6) is 0.494. The molecule has 0 aliphatic rings. The summed E-state index contributed by atoms with van der Waals surface area (Å²) in [6, 6.07) is 6.08. The normalized spacial score (nSPS) is 11.2. The summed E-state index contributed by atoms with van der Waals surface area (Å²) in [5.41, 5.74) is 5.69. The Morgan fingerprint density at radius 2 is 2.10 bits per heavy atom. The van der Waals surface area contributed by atoms with E-state index < -0.39 is 11.7 Å². The number of nitrogens with one attached hydrogen (secondary N) is 1. The molecule has 0 radical (unpaired) electrons. The van der Waals surface area contributed by atoms with Gasteiger partial charge in [-0.05, 0) is 32.9 Å². The molecule has 0 fully saturated rings. The maximum atomic E-state index is 11.6. The van der Waals surface area contributed by atoms with Gasteiger partial charge < -0.3 is 20.1 Å². The first-order chi connectivity index (χ1) is 9.74. The number of benzene rings is 1. The van der Waals surface area contributed by atoms with Gasteiger partial charge in [-0.1, -0.05) is 5.16 Å². The Hall–Kier alpha value is -2.70. The number of aromatic hydroxyl groups is 1. The highest BCUT2D eigenvalue weighted by atomic mass is 16.6. The summed E-state index contributed by atoms with van der Waals surface area (Å²) >= 11 is 0. The number of carbonyl (C=O) groups excluding carboxylic acids is 1. The van der Waals surface area contributed by atoms with E-state index in [0.29, 0.717) is 17.0 Å². The van der Waals surface area contributed by atoms with Crippen LogP contribution in [0.3, 0.4) is 0 Å². The van der Waals surface area contributed by atoms with Crippen molar-refractivity contribution in [2.24, 2.45) is 0 Å². The van der Waals surface area contributed by atoms with E-state index in [1.54, 1.807) is 32.9 Å². The second-order valence-corrected chi connectivity index (χ2v) is 5.47. The Labute approximate surface area is 121 Å². The summed E-state index contributed by atoms with van der Waals surface area (Å²) in [6.45, 7) is 5.30. The number of nitrogen functional groups attached to an aromatic ring is 1. The van der Waals surface area contributed by atoms with E-state index in [4.69, 9.17) is 15.0 Å². The first kappa shape index (κ1) is 14.7. The summed E-state index contributed by atoms with van der Waals surface area (Å²) < 4.78 is 10.1. The fraction of sp³-hybridized carbons (Fsp3) is 0.286. The van der Waals surface area contributed by atoms with Gasteiger partial charge in [-0.25, -0.2) is 4.79 Å². The third kappa shape index (κ3) is 3.88. The zero-order valence-corrected chi connectivity index (χ0v) is 12.0. The topological polar surface area (TPSA) is 111 Å². The minimum atomic E-state index is -0.599. The number of rotatable bonds is 2. The Bertz CT molecular complexity index is 658. The molecule has 112 valence electrons. The van der Waals surface area contributed by atoms with Gasteiger partial charge in [0.1, 0.15) is 11.4 Å². The Kier molecular flexibility index (Phi) is 3.75. The van der Waals surface area contributed by atoms with Gasteiger partial charge in [-0.15, -0.1) is 0 Å². The molecular formula is C14H17N3O4. The third-order valence-electron chi connectivity index (χ3n) is 2.44. The number of phenolic OH excluding ortho intramolecular Hbond substituents is 1. The van der Waals surface area contributed by atoms with Crippen LogP contribution in [-0.4, -0.2) is 22.0 Å². The predicted molar refractivity (Wildman–Crippen MR) is 77.9 cm³/mol. The number of hydrogen-bond acceptors (Lipinski definition) is 6. The highest BCUT2D eigenvalue weighted by molar-refractivity contribution is 5.86. The van der Waals surface area contributed by atoms with Crippen molar-refractivity contribution in [2.45, 2.75) is 26.4 Å². The first-order valence-electron chi connectivity index (χ1n) is 6.30. The highest BCUT2D eigenvalue weighted by Crippen LogP contribution is 2.32.